The molecule has 0 unspecified atom stereocenters. The van der Waals surface area contributed by atoms with E-state index in [1.165, 1.54) is 22.9 Å². The molecule has 28 heavy (non-hydrogen) atoms. The standard InChI is InChI=1S/C20H20FN5O2/c1-13-10-17(27)19(24-26(13)16-7-3-2-6-15(16)21)20(28)22-11-14-12-25-9-5-4-8-18(25)23-14/h2-3,6-7,10,12H,4-5,8-9,11H2,1H3,(H,22,28). The van der Waals surface area contributed by atoms with Crippen LogP contribution in [-0.4, -0.2) is 25.2 Å². The van der Waals surface area contributed by atoms with Crippen molar-refractivity contribution in [3.63, 3.8) is 0 Å². The van der Waals surface area contributed by atoms with E-state index in [-0.39, 0.29) is 17.9 Å². The van der Waals surface area contributed by atoms with Crippen LogP contribution >= 0.6 is 0 Å². The minimum absolute atomic E-state index is 0.177. The number of benzene rings is 1. The highest BCUT2D eigenvalue weighted by Gasteiger charge is 2.18. The van der Waals surface area contributed by atoms with Gasteiger partial charge in [0.2, 0.25) is 5.43 Å². The third kappa shape index (κ3) is 3.45. The topological polar surface area (TPSA) is 81.8 Å². The minimum atomic E-state index is -0.610. The van der Waals surface area contributed by atoms with E-state index in [1.54, 1.807) is 19.1 Å². The summed E-state index contributed by atoms with van der Waals surface area (Å²) < 4.78 is 17.5. The van der Waals surface area contributed by atoms with E-state index in [4.69, 9.17) is 0 Å². The van der Waals surface area contributed by atoms with E-state index in [2.05, 4.69) is 20.0 Å². The lowest BCUT2D eigenvalue weighted by Crippen LogP contribution is -2.31. The van der Waals surface area contributed by atoms with Crippen molar-refractivity contribution >= 4 is 5.91 Å². The molecule has 1 aliphatic rings. The molecule has 0 bridgehead atoms. The normalized spacial score (nSPS) is 13.2. The molecule has 7 nitrogen and oxygen atoms in total. The zero-order chi connectivity index (χ0) is 19.7. The number of hydrogen-bond donors (Lipinski definition) is 1. The predicted molar refractivity (Wildman–Crippen MR) is 101 cm³/mol. The van der Waals surface area contributed by atoms with Crippen LogP contribution in [0.25, 0.3) is 5.69 Å². The maximum absolute atomic E-state index is 14.1. The highest BCUT2D eigenvalue weighted by atomic mass is 19.1. The van der Waals surface area contributed by atoms with E-state index in [1.807, 2.05) is 6.20 Å². The van der Waals surface area contributed by atoms with Crippen LogP contribution in [0, 0.1) is 12.7 Å². The monoisotopic (exact) mass is 381 g/mol. The fourth-order valence-corrected chi connectivity index (χ4v) is 3.38. The molecule has 4 rings (SSSR count). The Labute approximate surface area is 160 Å². The van der Waals surface area contributed by atoms with Crippen molar-refractivity contribution in [3.8, 4) is 5.69 Å². The maximum atomic E-state index is 14.1. The Hall–Kier alpha value is -3.29. The highest BCUT2D eigenvalue weighted by Crippen LogP contribution is 2.15. The molecule has 1 aliphatic heterocycles. The molecular formula is C20H20FN5O2. The molecule has 1 aromatic carbocycles. The molecule has 3 aromatic rings. The summed E-state index contributed by atoms with van der Waals surface area (Å²) in [5.74, 6) is -0.0800. The van der Waals surface area contributed by atoms with Gasteiger partial charge in [-0.3, -0.25) is 9.59 Å². The number of aryl methyl sites for hydroxylation is 3. The Kier molecular flexibility index (Phi) is 4.77. The van der Waals surface area contributed by atoms with Crippen LogP contribution in [0.5, 0.6) is 0 Å². The Bertz CT molecular complexity index is 1080. The molecule has 0 saturated carbocycles. The smallest absolute Gasteiger partial charge is 0.276 e. The van der Waals surface area contributed by atoms with Gasteiger partial charge in [0, 0.05) is 30.9 Å². The van der Waals surface area contributed by atoms with Crippen LogP contribution in [0.3, 0.4) is 0 Å². The zero-order valence-electron chi connectivity index (χ0n) is 15.5. The summed E-state index contributed by atoms with van der Waals surface area (Å²) in [4.78, 5) is 29.3. The van der Waals surface area contributed by atoms with E-state index in [0.717, 1.165) is 37.3 Å². The van der Waals surface area contributed by atoms with Gasteiger partial charge >= 0.3 is 0 Å². The molecule has 0 atom stereocenters. The Balaban J connectivity index is 1.57. The number of aromatic nitrogens is 4. The van der Waals surface area contributed by atoms with Gasteiger partial charge in [-0.2, -0.15) is 5.10 Å². The summed E-state index contributed by atoms with van der Waals surface area (Å²) in [6, 6.07) is 7.35. The van der Waals surface area contributed by atoms with Crippen LogP contribution in [0.1, 0.15) is 40.5 Å². The van der Waals surface area contributed by atoms with Crippen LogP contribution in [0.15, 0.2) is 41.3 Å². The summed E-state index contributed by atoms with van der Waals surface area (Å²) in [5, 5.41) is 6.80. The number of para-hydroxylation sites is 1. The first-order chi connectivity index (χ1) is 13.5. The largest absolute Gasteiger partial charge is 0.345 e. The first kappa shape index (κ1) is 18.1. The van der Waals surface area contributed by atoms with Gasteiger partial charge in [0.15, 0.2) is 5.69 Å². The van der Waals surface area contributed by atoms with Gasteiger partial charge < -0.3 is 9.88 Å². The number of amides is 1. The quantitative estimate of drug-likeness (QED) is 0.751. The summed E-state index contributed by atoms with van der Waals surface area (Å²) in [6.45, 7) is 2.77. The summed E-state index contributed by atoms with van der Waals surface area (Å²) >= 11 is 0. The van der Waals surface area contributed by atoms with E-state index >= 15 is 0 Å². The van der Waals surface area contributed by atoms with Crippen LogP contribution < -0.4 is 10.7 Å². The molecule has 0 fully saturated rings. The summed E-state index contributed by atoms with van der Waals surface area (Å²) in [5.41, 5.74) is 0.570. The number of imidazole rings is 1. The van der Waals surface area contributed by atoms with Crippen molar-refractivity contribution in [2.75, 3.05) is 0 Å². The lowest BCUT2D eigenvalue weighted by Gasteiger charge is -2.12. The average molecular weight is 381 g/mol. The molecule has 2 aromatic heterocycles. The van der Waals surface area contributed by atoms with E-state index in [0.29, 0.717) is 5.69 Å². The summed E-state index contributed by atoms with van der Waals surface area (Å²) in [7, 11) is 0. The van der Waals surface area contributed by atoms with Crippen molar-refractivity contribution in [2.45, 2.75) is 39.3 Å². The first-order valence-electron chi connectivity index (χ1n) is 9.22. The molecule has 0 saturated heterocycles. The molecule has 0 spiro atoms. The van der Waals surface area contributed by atoms with E-state index < -0.39 is 17.2 Å². The Morgan fingerprint density at radius 2 is 2.11 bits per heavy atom. The van der Waals surface area contributed by atoms with Crippen molar-refractivity contribution in [1.82, 2.24) is 24.6 Å². The SMILES string of the molecule is Cc1cc(=O)c(C(=O)NCc2cn3c(n2)CCCC3)nn1-c1ccccc1F. The van der Waals surface area contributed by atoms with E-state index in [9.17, 15) is 14.0 Å². The van der Waals surface area contributed by atoms with Gasteiger partial charge in [-0.05, 0) is 31.9 Å². The zero-order valence-corrected chi connectivity index (χ0v) is 15.5. The van der Waals surface area contributed by atoms with Crippen LogP contribution in [0.4, 0.5) is 4.39 Å². The lowest BCUT2D eigenvalue weighted by atomic mass is 10.2. The second kappa shape index (κ2) is 7.38. The molecule has 1 amide bonds. The van der Waals surface area contributed by atoms with Gasteiger partial charge in [-0.1, -0.05) is 12.1 Å². The number of fused-ring (bicyclic) bond motifs is 1. The molecule has 0 aliphatic carbocycles. The number of halogens is 1. The van der Waals surface area contributed by atoms with Crippen LogP contribution in [-0.2, 0) is 19.5 Å². The number of rotatable bonds is 4. The number of carbonyl (C=O) groups excluding carboxylic acids is 1. The van der Waals surface area contributed by atoms with Crippen molar-refractivity contribution < 1.29 is 9.18 Å². The van der Waals surface area contributed by atoms with Gasteiger partial charge in [-0.15, -0.1) is 0 Å². The third-order valence-corrected chi connectivity index (χ3v) is 4.79. The molecule has 3 heterocycles. The Morgan fingerprint density at radius 3 is 2.89 bits per heavy atom. The number of nitrogens with zero attached hydrogens (tertiary/aromatic N) is 4. The number of hydrogen-bond acceptors (Lipinski definition) is 4. The minimum Gasteiger partial charge on any atom is -0.345 e. The average Bonchev–Trinajstić information content (AvgIpc) is 3.10. The van der Waals surface area contributed by atoms with Gasteiger partial charge in [-0.25, -0.2) is 14.1 Å². The molecular weight excluding hydrogens is 361 g/mol. The van der Waals surface area contributed by atoms with Crippen molar-refractivity contribution in [1.29, 1.82) is 0 Å². The fraction of sp³-hybridized carbons (Fsp3) is 0.300. The van der Waals surface area contributed by atoms with Crippen molar-refractivity contribution in [2.24, 2.45) is 0 Å². The number of carbonyl (C=O) groups is 1. The highest BCUT2D eigenvalue weighted by molar-refractivity contribution is 5.91. The first-order valence-corrected chi connectivity index (χ1v) is 9.22. The molecule has 8 heteroatoms. The lowest BCUT2D eigenvalue weighted by molar-refractivity contribution is 0.0942. The van der Waals surface area contributed by atoms with Gasteiger partial charge in [0.05, 0.1) is 12.2 Å². The van der Waals surface area contributed by atoms with Crippen LogP contribution in [0.2, 0.25) is 0 Å². The summed E-state index contributed by atoms with van der Waals surface area (Å²) in [6.07, 6.45) is 5.10. The molecule has 144 valence electrons. The Morgan fingerprint density at radius 1 is 1.29 bits per heavy atom. The third-order valence-electron chi connectivity index (χ3n) is 4.79. The van der Waals surface area contributed by atoms with Gasteiger partial charge in [0.1, 0.15) is 17.3 Å². The maximum Gasteiger partial charge on any atom is 0.276 e. The second-order valence-corrected chi connectivity index (χ2v) is 6.84. The molecule has 1 N–H and O–H groups in total. The fourth-order valence-electron chi connectivity index (χ4n) is 3.38. The van der Waals surface area contributed by atoms with Crippen molar-refractivity contribution in [3.05, 3.63) is 75.5 Å². The van der Waals surface area contributed by atoms with Gasteiger partial charge in [0.25, 0.3) is 5.91 Å². The molecule has 0 radical (unpaired) electrons. The predicted octanol–water partition coefficient (Wildman–Crippen LogP) is 2.14. The number of nitrogens with one attached hydrogen (secondary N) is 1. The second-order valence-electron chi connectivity index (χ2n) is 6.84.